The number of para-hydroxylation sites is 1. The summed E-state index contributed by atoms with van der Waals surface area (Å²) in [6, 6.07) is 18.4. The van der Waals surface area contributed by atoms with Gasteiger partial charge in [0.25, 0.3) is 0 Å². The summed E-state index contributed by atoms with van der Waals surface area (Å²) in [6.45, 7) is 0. The van der Waals surface area contributed by atoms with E-state index in [1.165, 1.54) is 24.4 Å². The molecular formula is C24H19N5NiO5. The monoisotopic (exact) mass is 515 g/mol. The van der Waals surface area contributed by atoms with Gasteiger partial charge >= 0.3 is 5.97 Å². The number of hydrogen-bond acceptors (Lipinski definition) is 8. The van der Waals surface area contributed by atoms with Crippen LogP contribution in [0.25, 0.3) is 21.8 Å². The molecule has 3 aromatic heterocycles. The largest absolute Gasteiger partial charge is 0.872 e. The molecule has 10 nitrogen and oxygen atoms in total. The predicted octanol–water partition coefficient (Wildman–Crippen LogP) is 3.83. The third-order valence-corrected chi connectivity index (χ3v) is 4.56. The Morgan fingerprint density at radius 1 is 0.857 bits per heavy atom. The van der Waals surface area contributed by atoms with Crippen molar-refractivity contribution in [1.29, 1.82) is 0 Å². The van der Waals surface area contributed by atoms with Gasteiger partial charge in [-0.3, -0.25) is 9.97 Å². The zero-order chi connectivity index (χ0) is 23.2. The maximum atomic E-state index is 11.9. The van der Waals surface area contributed by atoms with Gasteiger partial charge < -0.3 is 20.8 Å². The zero-order valence-electron chi connectivity index (χ0n) is 17.9. The zero-order valence-corrected chi connectivity index (χ0v) is 18.9. The molecule has 2 aromatic carbocycles. The summed E-state index contributed by atoms with van der Waals surface area (Å²) in [5.41, 5.74) is 1.28. The third kappa shape index (κ3) is 6.32. The summed E-state index contributed by atoms with van der Waals surface area (Å²) in [7, 11) is 0. The molecule has 0 amide bonds. The minimum atomic E-state index is -1.14. The second-order valence-corrected chi connectivity index (χ2v) is 6.75. The second-order valence-electron chi connectivity index (χ2n) is 6.75. The number of carboxylic acid groups (broad SMARTS) is 1. The molecule has 0 spiro atoms. The number of carbonyl (C=O) groups is 1. The maximum Gasteiger partial charge on any atom is 0.337 e. The first-order chi connectivity index (χ1) is 16.0. The van der Waals surface area contributed by atoms with Gasteiger partial charge in [0.15, 0.2) is 5.82 Å². The van der Waals surface area contributed by atoms with Gasteiger partial charge in [-0.25, -0.2) is 9.78 Å². The van der Waals surface area contributed by atoms with Crippen molar-refractivity contribution >= 4 is 39.3 Å². The molecule has 0 unspecified atom stereocenters. The fourth-order valence-corrected chi connectivity index (χ4v) is 2.98. The van der Waals surface area contributed by atoms with E-state index < -0.39 is 5.97 Å². The smallest absolute Gasteiger partial charge is 0.337 e. The van der Waals surface area contributed by atoms with Crippen molar-refractivity contribution in [3.8, 4) is 11.5 Å². The molecule has 3 heterocycles. The fraction of sp³-hybridized carbons (Fsp3) is 0. The number of fused-ring (bicyclic) bond motifs is 2. The Kier molecular flexibility index (Phi) is 9.28. The summed E-state index contributed by atoms with van der Waals surface area (Å²) < 4.78 is 0. The Hall–Kier alpha value is -4.47. The molecule has 5 aromatic rings. The Morgan fingerprint density at radius 2 is 1.63 bits per heavy atom. The molecule has 0 atom stereocenters. The Balaban J connectivity index is 0.000000282. The Labute approximate surface area is 208 Å². The third-order valence-electron chi connectivity index (χ3n) is 4.56. The van der Waals surface area contributed by atoms with E-state index in [-0.39, 0.29) is 44.4 Å². The first-order valence-electron chi connectivity index (χ1n) is 9.71. The van der Waals surface area contributed by atoms with Gasteiger partial charge in [-0.2, -0.15) is 0 Å². The van der Waals surface area contributed by atoms with Crippen LogP contribution in [0.3, 0.4) is 0 Å². The van der Waals surface area contributed by atoms with Crippen molar-refractivity contribution < 1.29 is 42.1 Å². The molecule has 11 heteroatoms. The van der Waals surface area contributed by atoms with Crippen molar-refractivity contribution in [1.82, 2.24) is 15.0 Å². The number of rotatable bonds is 3. The molecule has 0 saturated heterocycles. The van der Waals surface area contributed by atoms with Gasteiger partial charge in [-0.1, -0.05) is 36.1 Å². The summed E-state index contributed by atoms with van der Waals surface area (Å²) in [4.78, 5) is 23.0. The maximum absolute atomic E-state index is 11.9. The number of phenolic OH excluding ortho intramolecular Hbond substituents is 1. The van der Waals surface area contributed by atoms with Gasteiger partial charge in [0.1, 0.15) is 17.0 Å². The molecule has 5 rings (SSSR count). The average molecular weight is 516 g/mol. The van der Waals surface area contributed by atoms with E-state index in [1.54, 1.807) is 42.7 Å². The van der Waals surface area contributed by atoms with Crippen molar-refractivity contribution in [2.24, 2.45) is 10.2 Å². The Bertz CT molecular complexity index is 1480. The number of benzene rings is 2. The van der Waals surface area contributed by atoms with Crippen LogP contribution in [0.5, 0.6) is 11.5 Å². The van der Waals surface area contributed by atoms with Crippen molar-refractivity contribution in [3.05, 3.63) is 90.9 Å². The summed E-state index contributed by atoms with van der Waals surface area (Å²) in [6.07, 6.45) is 4.44. The first-order valence-corrected chi connectivity index (χ1v) is 9.71. The number of aromatic carboxylic acids is 1. The first kappa shape index (κ1) is 26.8. The number of azo groups is 1. The molecule has 0 saturated carbocycles. The van der Waals surface area contributed by atoms with Gasteiger partial charge in [0, 0.05) is 40.5 Å². The molecule has 35 heavy (non-hydrogen) atoms. The Morgan fingerprint density at radius 3 is 2.34 bits per heavy atom. The average Bonchev–Trinajstić information content (AvgIpc) is 2.85. The van der Waals surface area contributed by atoms with E-state index in [1.807, 2.05) is 18.2 Å². The van der Waals surface area contributed by atoms with Crippen LogP contribution >= 0.6 is 0 Å². The van der Waals surface area contributed by atoms with E-state index in [2.05, 4.69) is 25.2 Å². The minimum absolute atomic E-state index is 0. The molecule has 5 N–H and O–H groups in total. The van der Waals surface area contributed by atoms with Crippen molar-refractivity contribution in [2.45, 2.75) is 0 Å². The predicted molar refractivity (Wildman–Crippen MR) is 125 cm³/mol. The number of aromatic hydroxyl groups is 1. The van der Waals surface area contributed by atoms with E-state index >= 15 is 0 Å². The number of phenols is 1. The van der Waals surface area contributed by atoms with Crippen LogP contribution < -0.4 is 5.11 Å². The minimum Gasteiger partial charge on any atom is -0.872 e. The summed E-state index contributed by atoms with van der Waals surface area (Å²) >= 11 is 0. The van der Waals surface area contributed by atoms with Crippen LogP contribution in [-0.2, 0) is 22.0 Å². The van der Waals surface area contributed by atoms with E-state index in [9.17, 15) is 15.0 Å². The number of nitrogens with zero attached hydrogens (tertiary/aromatic N) is 5. The normalized spacial score (nSPS) is 10.2. The molecule has 0 aliphatic heterocycles. The molecule has 0 aliphatic carbocycles. The number of pyridine rings is 3. The molecular weight excluding hydrogens is 497 g/mol. The quantitative estimate of drug-likeness (QED) is 0.208. The van der Waals surface area contributed by atoms with E-state index in [0.717, 1.165) is 5.39 Å². The van der Waals surface area contributed by atoms with Gasteiger partial charge in [0.05, 0.1) is 11.1 Å². The SMILES string of the molecule is O=C(O)c1cnc2c(N=Nc3ccccn3)ccc([O-])c2c1.Oc1cccc2cccnc12.[Ni].[OH3+]. The molecule has 0 fully saturated rings. The second kappa shape index (κ2) is 12.1. The van der Waals surface area contributed by atoms with Crippen LogP contribution in [-0.4, -0.2) is 31.1 Å². The van der Waals surface area contributed by atoms with E-state index in [0.29, 0.717) is 22.5 Å². The van der Waals surface area contributed by atoms with Crippen LogP contribution in [0.1, 0.15) is 10.4 Å². The molecule has 180 valence electrons. The van der Waals surface area contributed by atoms with Crippen LogP contribution in [0.15, 0.2) is 95.5 Å². The van der Waals surface area contributed by atoms with Gasteiger partial charge in [-0.05, 0) is 41.8 Å². The van der Waals surface area contributed by atoms with Crippen molar-refractivity contribution in [2.75, 3.05) is 0 Å². The molecule has 0 bridgehead atoms. The topological polar surface area (TPSA) is 177 Å². The number of hydrogen-bond donors (Lipinski definition) is 2. The van der Waals surface area contributed by atoms with Crippen LogP contribution in [0.4, 0.5) is 11.5 Å². The summed E-state index contributed by atoms with van der Waals surface area (Å²) in [5.74, 6) is -0.802. The number of carboxylic acids is 1. The van der Waals surface area contributed by atoms with Gasteiger partial charge in [0.2, 0.25) is 0 Å². The fourth-order valence-electron chi connectivity index (χ4n) is 2.98. The van der Waals surface area contributed by atoms with Crippen molar-refractivity contribution in [3.63, 3.8) is 0 Å². The van der Waals surface area contributed by atoms with Crippen LogP contribution in [0, 0.1) is 0 Å². The molecule has 0 radical (unpaired) electrons. The van der Waals surface area contributed by atoms with Crippen LogP contribution in [0.2, 0.25) is 0 Å². The number of aromatic nitrogens is 3. The van der Waals surface area contributed by atoms with Gasteiger partial charge in [-0.15, -0.1) is 10.2 Å². The molecule has 0 aliphatic rings. The standard InChI is InChI=1S/C15H10N4O3.C9H7NO.Ni.H2O/c20-12-5-4-11(18-19-13-3-1-2-6-16-13)14-10(12)7-9(8-17-14)15(21)22;11-8-5-1-3-7-4-2-6-10-9(7)8;;/h1-8,20H,(H,21,22);1-6,11H;;1H2. The van der Waals surface area contributed by atoms with E-state index in [4.69, 9.17) is 5.11 Å². The summed E-state index contributed by atoms with van der Waals surface area (Å²) in [5, 5.41) is 39.3.